The van der Waals surface area contributed by atoms with Crippen LogP contribution in [0, 0.1) is 19.8 Å². The molecule has 1 aliphatic rings. The van der Waals surface area contributed by atoms with Gasteiger partial charge in [-0.05, 0) is 56.8 Å². The van der Waals surface area contributed by atoms with Crippen molar-refractivity contribution in [3.05, 3.63) is 41.2 Å². The van der Waals surface area contributed by atoms with Gasteiger partial charge in [-0.25, -0.2) is 9.50 Å². The van der Waals surface area contributed by atoms with Gasteiger partial charge in [0.25, 0.3) is 0 Å². The minimum Gasteiger partial charge on any atom is -0.352 e. The van der Waals surface area contributed by atoms with Crippen molar-refractivity contribution >= 4 is 34.9 Å². The van der Waals surface area contributed by atoms with E-state index in [1.54, 1.807) is 0 Å². The summed E-state index contributed by atoms with van der Waals surface area (Å²) in [6.45, 7) is 8.19. The molecule has 1 fully saturated rings. The molecule has 2 aromatic heterocycles. The zero-order chi connectivity index (χ0) is 19.0. The molecule has 2 N–H and O–H groups in total. The van der Waals surface area contributed by atoms with Crippen molar-refractivity contribution in [3.63, 3.8) is 0 Å². The number of nitrogens with zero attached hydrogens (tertiary/aromatic N) is 3. The van der Waals surface area contributed by atoms with Crippen molar-refractivity contribution in [1.29, 1.82) is 0 Å². The third-order valence-electron chi connectivity index (χ3n) is 5.79. The molecule has 7 heteroatoms. The molecule has 1 aromatic carbocycles. The van der Waals surface area contributed by atoms with Crippen molar-refractivity contribution in [1.82, 2.24) is 25.2 Å². The van der Waals surface area contributed by atoms with Crippen LogP contribution in [0.4, 0.5) is 0 Å². The number of aryl methyl sites for hydroxylation is 2. The smallest absolute Gasteiger partial charge is 0.220 e. The number of aromatic nitrogens is 3. The van der Waals surface area contributed by atoms with E-state index in [0.717, 1.165) is 53.0 Å². The van der Waals surface area contributed by atoms with Crippen LogP contribution in [0.25, 0.3) is 16.6 Å². The van der Waals surface area contributed by atoms with Gasteiger partial charge in [0.1, 0.15) is 0 Å². The van der Waals surface area contributed by atoms with Gasteiger partial charge < -0.3 is 10.6 Å². The van der Waals surface area contributed by atoms with Crippen LogP contribution >= 0.6 is 12.4 Å². The lowest BCUT2D eigenvalue weighted by Crippen LogP contribution is -2.50. The van der Waals surface area contributed by atoms with Gasteiger partial charge in [0.05, 0.1) is 5.52 Å². The average molecular weight is 402 g/mol. The lowest BCUT2D eigenvalue weighted by Gasteiger charge is -2.30. The first-order valence-corrected chi connectivity index (χ1v) is 9.78. The Balaban J connectivity index is 0.00000225. The van der Waals surface area contributed by atoms with Crippen LogP contribution in [0.1, 0.15) is 36.7 Å². The molecule has 6 nitrogen and oxygen atoms in total. The van der Waals surface area contributed by atoms with Crippen LogP contribution in [-0.2, 0) is 11.2 Å². The molecule has 2 atom stereocenters. The Kier molecular flexibility index (Phi) is 6.20. The molecule has 3 heterocycles. The second kappa shape index (κ2) is 8.45. The monoisotopic (exact) mass is 401 g/mol. The second-order valence-electron chi connectivity index (χ2n) is 7.66. The third kappa shape index (κ3) is 3.84. The Bertz CT molecular complexity index is 999. The Morgan fingerprint density at radius 3 is 2.89 bits per heavy atom. The minimum atomic E-state index is 0. The number of benzene rings is 1. The van der Waals surface area contributed by atoms with E-state index in [-0.39, 0.29) is 24.4 Å². The van der Waals surface area contributed by atoms with Crippen molar-refractivity contribution < 1.29 is 4.79 Å². The Morgan fingerprint density at radius 1 is 1.32 bits per heavy atom. The minimum absolute atomic E-state index is 0. The number of nitrogens with one attached hydrogen (secondary N) is 2. The Labute approximate surface area is 171 Å². The van der Waals surface area contributed by atoms with E-state index < -0.39 is 0 Å². The molecule has 4 rings (SSSR count). The van der Waals surface area contributed by atoms with Crippen molar-refractivity contribution in [2.75, 3.05) is 13.1 Å². The van der Waals surface area contributed by atoms with Crippen LogP contribution in [0.15, 0.2) is 24.3 Å². The largest absolute Gasteiger partial charge is 0.352 e. The predicted octanol–water partition coefficient (Wildman–Crippen LogP) is 2.97. The third-order valence-corrected chi connectivity index (χ3v) is 5.79. The van der Waals surface area contributed by atoms with E-state index in [1.165, 1.54) is 0 Å². The SMILES string of the molecule is Cc1nc2c3ccccc3nn2c(C)c1CCC(=O)NC1CNCCC1C.Cl. The maximum absolute atomic E-state index is 12.5. The normalized spacial score (nSPS) is 19.5. The number of hydrogen-bond acceptors (Lipinski definition) is 4. The summed E-state index contributed by atoms with van der Waals surface area (Å²) in [6.07, 6.45) is 2.26. The van der Waals surface area contributed by atoms with E-state index in [0.29, 0.717) is 18.8 Å². The molecule has 3 aromatic rings. The fourth-order valence-electron chi connectivity index (χ4n) is 4.04. The van der Waals surface area contributed by atoms with Crippen molar-refractivity contribution in [2.24, 2.45) is 5.92 Å². The van der Waals surface area contributed by atoms with Gasteiger partial charge in [-0.2, -0.15) is 5.10 Å². The zero-order valence-electron chi connectivity index (χ0n) is 16.7. The lowest BCUT2D eigenvalue weighted by atomic mass is 9.94. The number of rotatable bonds is 4. The standard InChI is InChI=1S/C21H27N5O.ClH/c1-13-10-11-22-12-19(13)24-20(27)9-8-16-14(2)23-21-17-6-4-5-7-18(17)25-26(21)15(16)3;/h4-7,13,19,22H,8-12H2,1-3H3,(H,24,27);1H. The number of halogens is 1. The number of fused-ring (bicyclic) bond motifs is 3. The first-order chi connectivity index (χ1) is 13.0. The van der Waals surface area contributed by atoms with E-state index in [9.17, 15) is 4.79 Å². The van der Waals surface area contributed by atoms with Gasteiger partial charge in [0, 0.05) is 35.8 Å². The lowest BCUT2D eigenvalue weighted by molar-refractivity contribution is -0.122. The molecular formula is C21H28ClN5O. The summed E-state index contributed by atoms with van der Waals surface area (Å²) in [6, 6.07) is 8.28. The summed E-state index contributed by atoms with van der Waals surface area (Å²) < 4.78 is 1.91. The summed E-state index contributed by atoms with van der Waals surface area (Å²) in [4.78, 5) is 17.3. The molecule has 1 amide bonds. The molecule has 1 aliphatic heterocycles. The highest BCUT2D eigenvalue weighted by atomic mass is 35.5. The zero-order valence-corrected chi connectivity index (χ0v) is 17.5. The quantitative estimate of drug-likeness (QED) is 0.705. The van der Waals surface area contributed by atoms with Crippen LogP contribution < -0.4 is 10.6 Å². The van der Waals surface area contributed by atoms with Gasteiger partial charge in [0.15, 0.2) is 5.65 Å². The molecule has 0 aliphatic carbocycles. The Morgan fingerprint density at radius 2 is 2.11 bits per heavy atom. The van der Waals surface area contributed by atoms with E-state index in [4.69, 9.17) is 10.1 Å². The molecular weight excluding hydrogens is 374 g/mol. The number of piperidine rings is 1. The van der Waals surface area contributed by atoms with Gasteiger partial charge in [0.2, 0.25) is 5.91 Å². The van der Waals surface area contributed by atoms with Crippen LogP contribution in [0.2, 0.25) is 0 Å². The van der Waals surface area contributed by atoms with Gasteiger partial charge in [-0.15, -0.1) is 12.4 Å². The number of hydrogen-bond donors (Lipinski definition) is 2. The van der Waals surface area contributed by atoms with Crippen LogP contribution in [0.3, 0.4) is 0 Å². The van der Waals surface area contributed by atoms with Gasteiger partial charge in [-0.1, -0.05) is 19.1 Å². The highest BCUT2D eigenvalue weighted by Gasteiger charge is 2.23. The average Bonchev–Trinajstić information content (AvgIpc) is 3.02. The number of amides is 1. The molecule has 0 bridgehead atoms. The molecule has 2 unspecified atom stereocenters. The fourth-order valence-corrected chi connectivity index (χ4v) is 4.04. The van der Waals surface area contributed by atoms with Gasteiger partial charge >= 0.3 is 0 Å². The van der Waals surface area contributed by atoms with Gasteiger partial charge in [-0.3, -0.25) is 4.79 Å². The van der Waals surface area contributed by atoms with Crippen LogP contribution in [0.5, 0.6) is 0 Å². The second-order valence-corrected chi connectivity index (χ2v) is 7.66. The summed E-state index contributed by atoms with van der Waals surface area (Å²) >= 11 is 0. The fraction of sp³-hybridized carbons (Fsp3) is 0.476. The highest BCUT2D eigenvalue weighted by Crippen LogP contribution is 2.23. The highest BCUT2D eigenvalue weighted by molar-refractivity contribution is 5.92. The first kappa shape index (κ1) is 20.6. The maximum Gasteiger partial charge on any atom is 0.220 e. The summed E-state index contributed by atoms with van der Waals surface area (Å²) in [5, 5.41) is 12.3. The predicted molar refractivity (Wildman–Crippen MR) is 114 cm³/mol. The molecule has 28 heavy (non-hydrogen) atoms. The maximum atomic E-state index is 12.5. The van der Waals surface area contributed by atoms with Crippen molar-refractivity contribution in [2.45, 2.75) is 46.1 Å². The van der Waals surface area contributed by atoms with E-state index >= 15 is 0 Å². The molecule has 0 saturated carbocycles. The first-order valence-electron chi connectivity index (χ1n) is 9.78. The number of carbonyl (C=O) groups is 1. The molecule has 0 radical (unpaired) electrons. The van der Waals surface area contributed by atoms with E-state index in [2.05, 4.69) is 30.5 Å². The molecule has 0 spiro atoms. The number of carbonyl (C=O) groups excluding carboxylic acids is 1. The van der Waals surface area contributed by atoms with E-state index in [1.807, 2.05) is 29.6 Å². The Hall–Kier alpha value is -2.18. The topological polar surface area (TPSA) is 71.3 Å². The van der Waals surface area contributed by atoms with Crippen LogP contribution in [-0.4, -0.2) is 39.6 Å². The summed E-state index contributed by atoms with van der Waals surface area (Å²) in [5.41, 5.74) is 4.98. The molecule has 150 valence electrons. The molecule has 1 saturated heterocycles. The summed E-state index contributed by atoms with van der Waals surface area (Å²) in [7, 11) is 0. The summed E-state index contributed by atoms with van der Waals surface area (Å²) in [5.74, 6) is 0.633. The van der Waals surface area contributed by atoms with Crippen molar-refractivity contribution in [3.8, 4) is 0 Å².